The van der Waals surface area contributed by atoms with Crippen molar-refractivity contribution in [1.29, 1.82) is 0 Å². The molecule has 0 aliphatic carbocycles. The summed E-state index contributed by atoms with van der Waals surface area (Å²) in [6.07, 6.45) is 0. The number of thioether (sulfide) groups is 1. The van der Waals surface area contributed by atoms with Gasteiger partial charge in [0.05, 0.1) is 17.6 Å². The zero-order valence-electron chi connectivity index (χ0n) is 10.5. The molecule has 3 rings (SSSR count). The van der Waals surface area contributed by atoms with Crippen molar-refractivity contribution in [3.63, 3.8) is 0 Å². The van der Waals surface area contributed by atoms with Crippen LogP contribution < -0.4 is 11.1 Å². The van der Waals surface area contributed by atoms with E-state index in [2.05, 4.69) is 15.3 Å². The Morgan fingerprint density at radius 3 is 3.00 bits per heavy atom. The lowest BCUT2D eigenvalue weighted by Gasteiger charge is -2.10. The molecule has 2 heterocycles. The van der Waals surface area contributed by atoms with E-state index >= 15 is 0 Å². The zero-order chi connectivity index (χ0) is 14.1. The summed E-state index contributed by atoms with van der Waals surface area (Å²) in [5.74, 6) is 0.405. The molecule has 4 N–H and O–H groups in total. The van der Waals surface area contributed by atoms with Crippen molar-refractivity contribution < 1.29 is 9.59 Å². The summed E-state index contributed by atoms with van der Waals surface area (Å²) in [6, 6.07) is 5.14. The van der Waals surface area contributed by atoms with Crippen molar-refractivity contribution in [2.24, 2.45) is 0 Å². The maximum absolute atomic E-state index is 11.4. The van der Waals surface area contributed by atoms with Crippen LogP contribution in [-0.4, -0.2) is 45.6 Å². The number of nitrogens with zero attached hydrogens (tertiary/aromatic N) is 2. The lowest BCUT2D eigenvalue weighted by Crippen LogP contribution is -2.32. The molecule has 8 heteroatoms. The molecule has 0 atom stereocenters. The summed E-state index contributed by atoms with van der Waals surface area (Å²) in [5.41, 5.74) is 8.10. The van der Waals surface area contributed by atoms with Gasteiger partial charge in [-0.05, 0) is 18.2 Å². The Balaban J connectivity index is 1.62. The van der Waals surface area contributed by atoms with E-state index in [1.807, 2.05) is 12.1 Å². The number of rotatable bonds is 4. The number of nitrogen functional groups attached to an aromatic ring is 1. The molecule has 7 nitrogen and oxygen atoms in total. The Morgan fingerprint density at radius 2 is 2.25 bits per heavy atom. The van der Waals surface area contributed by atoms with Crippen LogP contribution >= 0.6 is 11.8 Å². The van der Waals surface area contributed by atoms with Crippen LogP contribution in [0.4, 0.5) is 10.5 Å². The molecule has 104 valence electrons. The van der Waals surface area contributed by atoms with Gasteiger partial charge in [-0.3, -0.25) is 9.69 Å². The van der Waals surface area contributed by atoms with E-state index in [1.165, 1.54) is 16.7 Å². The molecule has 2 aromatic rings. The number of hydrogen-bond acceptors (Lipinski definition) is 5. The highest BCUT2D eigenvalue weighted by atomic mass is 32.2. The smallest absolute Gasteiger partial charge is 0.324 e. The third-order valence-corrected chi connectivity index (χ3v) is 3.83. The molecule has 0 unspecified atom stereocenters. The van der Waals surface area contributed by atoms with E-state index in [-0.39, 0.29) is 18.5 Å². The van der Waals surface area contributed by atoms with Gasteiger partial charge >= 0.3 is 6.03 Å². The first kappa shape index (κ1) is 12.8. The average Bonchev–Trinajstić information content (AvgIpc) is 2.95. The summed E-state index contributed by atoms with van der Waals surface area (Å²) < 4.78 is 0. The highest BCUT2D eigenvalue weighted by Gasteiger charge is 2.27. The third-order valence-electron chi connectivity index (χ3n) is 2.97. The standard InChI is InChI=1S/C12H13N5O2S/c13-7-1-2-8-9(5-7)16-11(15-8)20-4-3-17-10(18)6-14-12(17)19/h1-2,5H,3-4,6,13H2,(H,14,19)(H,15,16). The molecule has 1 aromatic heterocycles. The predicted molar refractivity (Wildman–Crippen MR) is 76.3 cm³/mol. The number of aromatic nitrogens is 2. The van der Waals surface area contributed by atoms with Gasteiger partial charge in [0.25, 0.3) is 0 Å². The summed E-state index contributed by atoms with van der Waals surface area (Å²) in [6.45, 7) is 0.460. The van der Waals surface area contributed by atoms with Gasteiger partial charge in [-0.15, -0.1) is 0 Å². The minimum Gasteiger partial charge on any atom is -0.399 e. The molecule has 1 aliphatic rings. The number of urea groups is 1. The number of fused-ring (bicyclic) bond motifs is 1. The number of imidazole rings is 1. The molecule has 20 heavy (non-hydrogen) atoms. The Morgan fingerprint density at radius 1 is 1.40 bits per heavy atom. The fraction of sp³-hybridized carbons (Fsp3) is 0.250. The molecule has 0 radical (unpaired) electrons. The second kappa shape index (κ2) is 5.04. The van der Waals surface area contributed by atoms with E-state index in [4.69, 9.17) is 5.73 Å². The van der Waals surface area contributed by atoms with Crippen LogP contribution in [0.15, 0.2) is 23.4 Å². The summed E-state index contributed by atoms with van der Waals surface area (Å²) in [7, 11) is 0. The Kier molecular flexibility index (Phi) is 3.23. The molecule has 0 saturated carbocycles. The van der Waals surface area contributed by atoms with Crippen LogP contribution in [0.1, 0.15) is 0 Å². The Hall–Kier alpha value is -2.22. The van der Waals surface area contributed by atoms with Crippen LogP contribution in [-0.2, 0) is 4.79 Å². The van der Waals surface area contributed by atoms with Crippen molar-refractivity contribution in [3.05, 3.63) is 18.2 Å². The van der Waals surface area contributed by atoms with Gasteiger partial charge < -0.3 is 16.0 Å². The monoisotopic (exact) mass is 291 g/mol. The lowest BCUT2D eigenvalue weighted by molar-refractivity contribution is -0.124. The number of nitrogens with one attached hydrogen (secondary N) is 2. The summed E-state index contributed by atoms with van der Waals surface area (Å²) >= 11 is 1.46. The third kappa shape index (κ3) is 2.42. The van der Waals surface area contributed by atoms with Gasteiger partial charge in [0.1, 0.15) is 0 Å². The Labute approximate surface area is 118 Å². The number of H-pyrrole nitrogens is 1. The van der Waals surface area contributed by atoms with Crippen LogP contribution in [0.3, 0.4) is 0 Å². The van der Waals surface area contributed by atoms with Crippen LogP contribution in [0.5, 0.6) is 0 Å². The maximum atomic E-state index is 11.4. The summed E-state index contributed by atoms with van der Waals surface area (Å²) in [4.78, 5) is 31.5. The largest absolute Gasteiger partial charge is 0.399 e. The second-order valence-electron chi connectivity index (χ2n) is 4.37. The van der Waals surface area contributed by atoms with Gasteiger partial charge in [0, 0.05) is 18.0 Å². The molecule has 1 aromatic carbocycles. The number of hydrogen-bond donors (Lipinski definition) is 3. The average molecular weight is 291 g/mol. The lowest BCUT2D eigenvalue weighted by atomic mass is 10.3. The van der Waals surface area contributed by atoms with Gasteiger partial charge in [-0.1, -0.05) is 11.8 Å². The molecular formula is C12H13N5O2S. The highest BCUT2D eigenvalue weighted by Crippen LogP contribution is 2.21. The predicted octanol–water partition coefficient (Wildman–Crippen LogP) is 0.789. The number of amides is 3. The first-order chi connectivity index (χ1) is 9.63. The molecule has 1 saturated heterocycles. The fourth-order valence-corrected chi connectivity index (χ4v) is 2.80. The SMILES string of the molecule is Nc1ccc2nc(SCCN3C(=O)CNC3=O)[nH]c2c1. The molecular weight excluding hydrogens is 278 g/mol. The number of aromatic amines is 1. The number of benzene rings is 1. The van der Waals surface area contributed by atoms with Crippen molar-refractivity contribution in [3.8, 4) is 0 Å². The first-order valence-corrected chi connectivity index (χ1v) is 7.08. The fourth-order valence-electron chi connectivity index (χ4n) is 1.99. The quantitative estimate of drug-likeness (QED) is 0.439. The second-order valence-corrected chi connectivity index (χ2v) is 5.45. The molecule has 1 aliphatic heterocycles. The van der Waals surface area contributed by atoms with Crippen molar-refractivity contribution in [2.75, 3.05) is 24.6 Å². The number of carbonyl (C=O) groups is 2. The Bertz CT molecular complexity index is 668. The van der Waals surface area contributed by atoms with E-state index in [0.717, 1.165) is 16.2 Å². The van der Waals surface area contributed by atoms with Crippen molar-refractivity contribution in [1.82, 2.24) is 20.2 Å². The van der Waals surface area contributed by atoms with E-state index in [9.17, 15) is 9.59 Å². The zero-order valence-corrected chi connectivity index (χ0v) is 11.4. The van der Waals surface area contributed by atoms with Crippen LogP contribution in [0.2, 0.25) is 0 Å². The molecule has 1 fully saturated rings. The van der Waals surface area contributed by atoms with E-state index < -0.39 is 0 Å². The van der Waals surface area contributed by atoms with Gasteiger partial charge in [-0.25, -0.2) is 9.78 Å². The number of carbonyl (C=O) groups excluding carboxylic acids is 2. The number of nitrogens with two attached hydrogens (primary N) is 1. The van der Waals surface area contributed by atoms with Crippen LogP contribution in [0, 0.1) is 0 Å². The highest BCUT2D eigenvalue weighted by molar-refractivity contribution is 7.99. The molecule has 3 amide bonds. The summed E-state index contributed by atoms with van der Waals surface area (Å²) in [5, 5.41) is 3.23. The van der Waals surface area contributed by atoms with E-state index in [1.54, 1.807) is 6.07 Å². The van der Waals surface area contributed by atoms with Gasteiger partial charge in [-0.2, -0.15) is 0 Å². The van der Waals surface area contributed by atoms with Gasteiger partial charge in [0.15, 0.2) is 5.16 Å². The number of imide groups is 1. The van der Waals surface area contributed by atoms with Crippen molar-refractivity contribution >= 4 is 40.4 Å². The van der Waals surface area contributed by atoms with Gasteiger partial charge in [0.2, 0.25) is 5.91 Å². The number of anilines is 1. The maximum Gasteiger partial charge on any atom is 0.324 e. The first-order valence-electron chi connectivity index (χ1n) is 6.10. The minimum atomic E-state index is -0.326. The minimum absolute atomic E-state index is 0.0907. The van der Waals surface area contributed by atoms with Crippen LogP contribution in [0.25, 0.3) is 11.0 Å². The normalized spacial score (nSPS) is 15.1. The van der Waals surface area contributed by atoms with E-state index in [0.29, 0.717) is 18.0 Å². The molecule has 0 spiro atoms. The topological polar surface area (TPSA) is 104 Å². The van der Waals surface area contributed by atoms with Crippen molar-refractivity contribution in [2.45, 2.75) is 5.16 Å². The molecule has 0 bridgehead atoms.